The van der Waals surface area contributed by atoms with Crippen molar-refractivity contribution in [3.8, 4) is 0 Å². The maximum Gasteiger partial charge on any atom is 0.220 e. The lowest BCUT2D eigenvalue weighted by molar-refractivity contribution is -0.122. The third kappa shape index (κ3) is 3.35. The summed E-state index contributed by atoms with van der Waals surface area (Å²) in [5, 5.41) is 0. The van der Waals surface area contributed by atoms with Crippen LogP contribution in [0.15, 0.2) is 18.2 Å². The SMILES string of the molecule is CCN(CC)Cc1ccc2c(c1)CC[C@H](C(N)=O)C2. The van der Waals surface area contributed by atoms with Crippen LogP contribution in [-0.2, 0) is 24.2 Å². The second-order valence-corrected chi connectivity index (χ2v) is 5.41. The van der Waals surface area contributed by atoms with Crippen LogP contribution in [0.3, 0.4) is 0 Å². The first-order valence-electron chi connectivity index (χ1n) is 7.26. The van der Waals surface area contributed by atoms with E-state index in [4.69, 9.17) is 5.73 Å². The van der Waals surface area contributed by atoms with E-state index >= 15 is 0 Å². The number of primary amides is 1. The Morgan fingerprint density at radius 1 is 1.32 bits per heavy atom. The van der Waals surface area contributed by atoms with Crippen molar-refractivity contribution >= 4 is 5.91 Å². The average Bonchev–Trinajstić information content (AvgIpc) is 2.43. The van der Waals surface area contributed by atoms with Crippen LogP contribution in [0.4, 0.5) is 0 Å². The minimum atomic E-state index is -0.155. The number of rotatable bonds is 5. The van der Waals surface area contributed by atoms with Crippen molar-refractivity contribution in [3.05, 3.63) is 34.9 Å². The van der Waals surface area contributed by atoms with Gasteiger partial charge in [0, 0.05) is 12.5 Å². The lowest BCUT2D eigenvalue weighted by Gasteiger charge is -2.24. The van der Waals surface area contributed by atoms with Gasteiger partial charge in [-0.1, -0.05) is 32.0 Å². The van der Waals surface area contributed by atoms with Gasteiger partial charge in [0.05, 0.1) is 0 Å². The zero-order chi connectivity index (χ0) is 13.8. The molecule has 0 radical (unpaired) electrons. The summed E-state index contributed by atoms with van der Waals surface area (Å²) in [6, 6.07) is 6.69. The van der Waals surface area contributed by atoms with E-state index in [1.54, 1.807) is 0 Å². The van der Waals surface area contributed by atoms with Gasteiger partial charge in [-0.15, -0.1) is 0 Å². The van der Waals surface area contributed by atoms with Gasteiger partial charge >= 0.3 is 0 Å². The number of nitrogens with two attached hydrogens (primary N) is 1. The van der Waals surface area contributed by atoms with Gasteiger partial charge in [-0.2, -0.15) is 0 Å². The Morgan fingerprint density at radius 2 is 2.05 bits per heavy atom. The second kappa shape index (κ2) is 6.20. The highest BCUT2D eigenvalue weighted by Gasteiger charge is 2.22. The molecule has 104 valence electrons. The smallest absolute Gasteiger partial charge is 0.220 e. The van der Waals surface area contributed by atoms with Crippen LogP contribution in [0, 0.1) is 5.92 Å². The summed E-state index contributed by atoms with van der Waals surface area (Å²) in [5.41, 5.74) is 9.49. The van der Waals surface area contributed by atoms with E-state index in [9.17, 15) is 4.79 Å². The summed E-state index contributed by atoms with van der Waals surface area (Å²) in [4.78, 5) is 13.7. The minimum absolute atomic E-state index is 0.0288. The summed E-state index contributed by atoms with van der Waals surface area (Å²) >= 11 is 0. The number of fused-ring (bicyclic) bond motifs is 1. The molecule has 1 aromatic rings. The highest BCUT2D eigenvalue weighted by molar-refractivity contribution is 5.77. The second-order valence-electron chi connectivity index (χ2n) is 5.41. The summed E-state index contributed by atoms with van der Waals surface area (Å²) in [6.07, 6.45) is 2.70. The molecule has 0 heterocycles. The minimum Gasteiger partial charge on any atom is -0.369 e. The maximum atomic E-state index is 11.3. The third-order valence-corrected chi connectivity index (χ3v) is 4.20. The molecule has 0 unspecified atom stereocenters. The molecule has 19 heavy (non-hydrogen) atoms. The Balaban J connectivity index is 2.11. The van der Waals surface area contributed by atoms with Crippen LogP contribution in [0.25, 0.3) is 0 Å². The van der Waals surface area contributed by atoms with E-state index in [1.807, 2.05) is 0 Å². The largest absolute Gasteiger partial charge is 0.369 e. The molecule has 1 atom stereocenters. The number of aryl methyl sites for hydroxylation is 1. The molecule has 0 fully saturated rings. The van der Waals surface area contributed by atoms with Crippen LogP contribution in [0.1, 0.15) is 37.0 Å². The lowest BCUT2D eigenvalue weighted by Crippen LogP contribution is -2.28. The Kier molecular flexibility index (Phi) is 4.59. The van der Waals surface area contributed by atoms with Crippen molar-refractivity contribution in [3.63, 3.8) is 0 Å². The zero-order valence-electron chi connectivity index (χ0n) is 12.0. The monoisotopic (exact) mass is 260 g/mol. The molecular formula is C16H24N2O. The highest BCUT2D eigenvalue weighted by Crippen LogP contribution is 2.26. The molecule has 0 bridgehead atoms. The number of carbonyl (C=O) groups excluding carboxylic acids is 1. The summed E-state index contributed by atoms with van der Waals surface area (Å²) in [7, 11) is 0. The quantitative estimate of drug-likeness (QED) is 0.881. The van der Waals surface area contributed by atoms with E-state index in [-0.39, 0.29) is 11.8 Å². The van der Waals surface area contributed by atoms with Crippen LogP contribution < -0.4 is 5.73 Å². The molecule has 3 nitrogen and oxygen atoms in total. The van der Waals surface area contributed by atoms with Gasteiger partial charge in [0.1, 0.15) is 0 Å². The molecule has 0 saturated heterocycles. The van der Waals surface area contributed by atoms with Crippen molar-refractivity contribution in [2.45, 2.75) is 39.7 Å². The normalized spacial score (nSPS) is 18.4. The summed E-state index contributed by atoms with van der Waals surface area (Å²) in [5.74, 6) is -0.126. The molecule has 1 amide bonds. The molecule has 0 saturated carbocycles. The first-order valence-corrected chi connectivity index (χ1v) is 7.26. The Morgan fingerprint density at radius 3 is 2.68 bits per heavy atom. The fraction of sp³-hybridized carbons (Fsp3) is 0.562. The lowest BCUT2D eigenvalue weighted by atomic mass is 9.83. The number of hydrogen-bond donors (Lipinski definition) is 1. The molecule has 1 aromatic carbocycles. The fourth-order valence-electron chi connectivity index (χ4n) is 2.85. The number of carbonyl (C=O) groups is 1. The third-order valence-electron chi connectivity index (χ3n) is 4.20. The van der Waals surface area contributed by atoms with E-state index in [0.717, 1.165) is 38.9 Å². The highest BCUT2D eigenvalue weighted by atomic mass is 16.1. The van der Waals surface area contributed by atoms with Gasteiger partial charge in [0.2, 0.25) is 5.91 Å². The predicted molar refractivity (Wildman–Crippen MR) is 77.8 cm³/mol. The molecule has 2 N–H and O–H groups in total. The summed E-state index contributed by atoms with van der Waals surface area (Å²) < 4.78 is 0. The van der Waals surface area contributed by atoms with Gasteiger partial charge in [0.15, 0.2) is 0 Å². The van der Waals surface area contributed by atoms with Gasteiger partial charge < -0.3 is 5.73 Å². The van der Waals surface area contributed by atoms with Crippen LogP contribution in [0.2, 0.25) is 0 Å². The van der Waals surface area contributed by atoms with Crippen molar-refractivity contribution in [2.24, 2.45) is 11.7 Å². The Bertz CT molecular complexity index is 452. The number of amides is 1. The van der Waals surface area contributed by atoms with Crippen LogP contribution in [0.5, 0.6) is 0 Å². The molecule has 2 rings (SSSR count). The summed E-state index contributed by atoms with van der Waals surface area (Å²) in [6.45, 7) is 7.56. The van der Waals surface area contributed by atoms with Gasteiger partial charge in [-0.3, -0.25) is 9.69 Å². The average molecular weight is 260 g/mol. The van der Waals surface area contributed by atoms with Crippen LogP contribution >= 0.6 is 0 Å². The topological polar surface area (TPSA) is 46.3 Å². The van der Waals surface area contributed by atoms with Gasteiger partial charge in [-0.05, 0) is 49.0 Å². The van der Waals surface area contributed by atoms with E-state index in [2.05, 4.69) is 36.9 Å². The number of nitrogens with zero attached hydrogens (tertiary/aromatic N) is 1. The predicted octanol–water partition coefficient (Wildman–Crippen LogP) is 2.12. The van der Waals surface area contributed by atoms with E-state index in [0.29, 0.717) is 0 Å². The van der Waals surface area contributed by atoms with Gasteiger partial charge in [0.25, 0.3) is 0 Å². The Labute approximate surface area is 115 Å². The molecule has 0 aromatic heterocycles. The Hall–Kier alpha value is -1.35. The maximum absolute atomic E-state index is 11.3. The number of benzene rings is 1. The molecule has 1 aliphatic carbocycles. The van der Waals surface area contributed by atoms with E-state index < -0.39 is 0 Å². The molecule has 0 spiro atoms. The van der Waals surface area contributed by atoms with Crippen molar-refractivity contribution in [1.29, 1.82) is 0 Å². The molecular weight excluding hydrogens is 236 g/mol. The first kappa shape index (κ1) is 14.1. The fourth-order valence-corrected chi connectivity index (χ4v) is 2.85. The van der Waals surface area contributed by atoms with Gasteiger partial charge in [-0.25, -0.2) is 0 Å². The van der Waals surface area contributed by atoms with E-state index in [1.165, 1.54) is 16.7 Å². The zero-order valence-corrected chi connectivity index (χ0v) is 12.0. The molecule has 1 aliphatic rings. The molecule has 0 aliphatic heterocycles. The first-order chi connectivity index (χ1) is 9.13. The standard InChI is InChI=1S/C16H24N2O/c1-3-18(4-2)11-12-5-6-14-10-15(16(17)19)8-7-13(14)9-12/h5-6,9,15H,3-4,7-8,10-11H2,1-2H3,(H2,17,19)/t15-/m0/s1. The number of hydrogen-bond acceptors (Lipinski definition) is 2. The van der Waals surface area contributed by atoms with Crippen molar-refractivity contribution in [1.82, 2.24) is 4.90 Å². The molecule has 3 heteroatoms. The van der Waals surface area contributed by atoms with Crippen LogP contribution in [-0.4, -0.2) is 23.9 Å². The van der Waals surface area contributed by atoms with Crippen molar-refractivity contribution in [2.75, 3.05) is 13.1 Å². The van der Waals surface area contributed by atoms with Crippen molar-refractivity contribution < 1.29 is 4.79 Å².